The molecule has 0 aliphatic rings. The lowest BCUT2D eigenvalue weighted by atomic mass is 10.0. The fourth-order valence-electron chi connectivity index (χ4n) is 3.41. The Balaban J connectivity index is 2.06. The van der Waals surface area contributed by atoms with Crippen LogP contribution >= 0.6 is 0 Å². The van der Waals surface area contributed by atoms with E-state index in [2.05, 4.69) is 0 Å². The zero-order valence-electron chi connectivity index (χ0n) is 15.1. The van der Waals surface area contributed by atoms with E-state index in [0.29, 0.717) is 27.8 Å². The third kappa shape index (κ3) is 3.25. The maximum Gasteiger partial charge on any atom is 0.293 e. The number of rotatable bonds is 5. The summed E-state index contributed by atoms with van der Waals surface area (Å²) in [6, 6.07) is 25.7. The summed E-state index contributed by atoms with van der Waals surface area (Å²) in [5, 5.41) is 24.3. The monoisotopic (exact) mass is 385 g/mol. The van der Waals surface area contributed by atoms with Gasteiger partial charge in [0.1, 0.15) is 5.69 Å². The lowest BCUT2D eigenvalue weighted by Gasteiger charge is -2.26. The summed E-state index contributed by atoms with van der Waals surface area (Å²) < 4.78 is 0. The topological polar surface area (TPSA) is 89.5 Å². The fraction of sp³-hybridized carbons (Fsp3) is 0. The summed E-state index contributed by atoms with van der Waals surface area (Å²) in [7, 11) is 0. The van der Waals surface area contributed by atoms with Crippen LogP contribution in [0.4, 0.5) is 28.4 Å². The van der Waals surface area contributed by atoms with E-state index in [1.165, 1.54) is 12.1 Å². The highest BCUT2D eigenvalue weighted by Gasteiger charge is 2.25. The van der Waals surface area contributed by atoms with Crippen molar-refractivity contribution < 1.29 is 9.85 Å². The maximum absolute atomic E-state index is 11.7. The molecule has 7 nitrogen and oxygen atoms in total. The van der Waals surface area contributed by atoms with Gasteiger partial charge in [0.15, 0.2) is 0 Å². The van der Waals surface area contributed by atoms with Crippen LogP contribution in [0.5, 0.6) is 0 Å². The minimum atomic E-state index is -0.432. The van der Waals surface area contributed by atoms with Crippen molar-refractivity contribution >= 4 is 39.2 Å². The maximum atomic E-state index is 11.7. The molecule has 7 heteroatoms. The van der Waals surface area contributed by atoms with Crippen molar-refractivity contribution in [2.45, 2.75) is 0 Å². The summed E-state index contributed by atoms with van der Waals surface area (Å²) in [6.45, 7) is 0. The fourth-order valence-corrected chi connectivity index (χ4v) is 3.41. The lowest BCUT2D eigenvalue weighted by molar-refractivity contribution is -0.384. The first-order valence-electron chi connectivity index (χ1n) is 8.82. The molecule has 0 saturated heterocycles. The number of nitro benzene ring substituents is 2. The molecule has 4 aromatic carbocycles. The van der Waals surface area contributed by atoms with Crippen molar-refractivity contribution in [2.75, 3.05) is 4.90 Å². The number of anilines is 3. The number of fused-ring (bicyclic) bond motifs is 1. The zero-order chi connectivity index (χ0) is 20.4. The molecule has 29 heavy (non-hydrogen) atoms. The minimum absolute atomic E-state index is 0.0140. The van der Waals surface area contributed by atoms with Gasteiger partial charge >= 0.3 is 0 Å². The second-order valence-corrected chi connectivity index (χ2v) is 6.32. The smallest absolute Gasteiger partial charge is 0.293 e. The summed E-state index contributed by atoms with van der Waals surface area (Å²) >= 11 is 0. The molecule has 0 heterocycles. The second-order valence-electron chi connectivity index (χ2n) is 6.32. The van der Waals surface area contributed by atoms with Crippen LogP contribution in [0.2, 0.25) is 0 Å². The standard InChI is InChI=1S/C22H15N3O4/c26-24(27)20-15-14-19(17-10-4-5-11-18(17)20)23(16-8-2-1-3-9-16)21-12-6-7-13-22(21)25(28)29/h1-15H. The molecule has 4 rings (SSSR count). The normalized spacial score (nSPS) is 10.6. The van der Waals surface area contributed by atoms with Gasteiger partial charge in [-0.1, -0.05) is 48.5 Å². The van der Waals surface area contributed by atoms with Crippen molar-refractivity contribution in [2.24, 2.45) is 0 Å². The van der Waals surface area contributed by atoms with Gasteiger partial charge in [0.05, 0.1) is 20.9 Å². The molecule has 0 fully saturated rings. The van der Waals surface area contributed by atoms with Gasteiger partial charge < -0.3 is 4.90 Å². The van der Waals surface area contributed by atoms with Crippen molar-refractivity contribution in [1.82, 2.24) is 0 Å². The second kappa shape index (κ2) is 7.40. The van der Waals surface area contributed by atoms with Crippen LogP contribution in [0.1, 0.15) is 0 Å². The third-order valence-electron chi connectivity index (χ3n) is 4.65. The van der Waals surface area contributed by atoms with Crippen LogP contribution in [-0.2, 0) is 0 Å². The van der Waals surface area contributed by atoms with Crippen LogP contribution < -0.4 is 4.90 Å². The molecule has 0 radical (unpaired) electrons. The Morgan fingerprint density at radius 3 is 1.83 bits per heavy atom. The predicted octanol–water partition coefficient (Wildman–Crippen LogP) is 6.13. The number of nitrogens with zero attached hydrogens (tertiary/aromatic N) is 3. The Kier molecular flexibility index (Phi) is 4.62. The number of hydrogen-bond acceptors (Lipinski definition) is 5. The molecule has 0 atom stereocenters. The van der Waals surface area contributed by atoms with Gasteiger partial charge in [-0.05, 0) is 30.3 Å². The molecular weight excluding hydrogens is 370 g/mol. The Hall–Kier alpha value is -4.26. The van der Waals surface area contributed by atoms with Gasteiger partial charge in [0.25, 0.3) is 11.4 Å². The highest BCUT2D eigenvalue weighted by atomic mass is 16.6. The lowest BCUT2D eigenvalue weighted by Crippen LogP contribution is -2.12. The first-order chi connectivity index (χ1) is 14.1. The number of non-ortho nitro benzene ring substituents is 1. The SMILES string of the molecule is O=[N+]([O-])c1ccccc1N(c1ccccc1)c1ccc([N+](=O)[O-])c2ccccc12. The van der Waals surface area contributed by atoms with Crippen molar-refractivity contribution in [3.05, 3.63) is 111 Å². The van der Waals surface area contributed by atoms with E-state index < -0.39 is 9.85 Å². The van der Waals surface area contributed by atoms with Gasteiger partial charge in [-0.15, -0.1) is 0 Å². The van der Waals surface area contributed by atoms with Gasteiger partial charge in [-0.2, -0.15) is 0 Å². The third-order valence-corrected chi connectivity index (χ3v) is 4.65. The zero-order valence-corrected chi connectivity index (χ0v) is 15.1. The highest BCUT2D eigenvalue weighted by molar-refractivity contribution is 6.03. The van der Waals surface area contributed by atoms with Crippen LogP contribution in [0.25, 0.3) is 10.8 Å². The molecule has 0 amide bonds. The Morgan fingerprint density at radius 2 is 1.14 bits per heavy atom. The van der Waals surface area contributed by atoms with E-state index in [4.69, 9.17) is 0 Å². The number of para-hydroxylation sites is 3. The van der Waals surface area contributed by atoms with E-state index in [0.717, 1.165) is 0 Å². The average Bonchev–Trinajstić information content (AvgIpc) is 2.75. The summed E-state index contributed by atoms with van der Waals surface area (Å²) in [4.78, 5) is 24.1. The quantitative estimate of drug-likeness (QED) is 0.305. The summed E-state index contributed by atoms with van der Waals surface area (Å²) in [5.41, 5.74) is 1.63. The van der Waals surface area contributed by atoms with Gasteiger partial charge in [-0.3, -0.25) is 20.2 Å². The molecule has 0 aromatic heterocycles. The van der Waals surface area contributed by atoms with E-state index in [-0.39, 0.29) is 11.4 Å². The van der Waals surface area contributed by atoms with Gasteiger partial charge in [0.2, 0.25) is 0 Å². The van der Waals surface area contributed by atoms with E-state index in [1.807, 2.05) is 30.3 Å². The van der Waals surface area contributed by atoms with Crippen molar-refractivity contribution in [3.8, 4) is 0 Å². The molecule has 142 valence electrons. The molecule has 0 aliphatic heterocycles. The first-order valence-corrected chi connectivity index (χ1v) is 8.82. The van der Waals surface area contributed by atoms with E-state index >= 15 is 0 Å². The Morgan fingerprint density at radius 1 is 0.552 bits per heavy atom. The largest absolute Gasteiger partial charge is 0.304 e. The minimum Gasteiger partial charge on any atom is -0.304 e. The molecule has 0 bridgehead atoms. The Labute approximate surface area is 165 Å². The summed E-state index contributed by atoms with van der Waals surface area (Å²) in [6.07, 6.45) is 0. The molecule has 0 saturated carbocycles. The molecule has 0 spiro atoms. The highest BCUT2D eigenvalue weighted by Crippen LogP contribution is 2.44. The van der Waals surface area contributed by atoms with Crippen LogP contribution in [0.3, 0.4) is 0 Å². The van der Waals surface area contributed by atoms with Crippen LogP contribution in [0.15, 0.2) is 91.0 Å². The van der Waals surface area contributed by atoms with Crippen molar-refractivity contribution in [3.63, 3.8) is 0 Å². The number of hydrogen-bond donors (Lipinski definition) is 0. The first kappa shape index (κ1) is 18.1. The Bertz CT molecular complexity index is 1230. The van der Waals surface area contributed by atoms with Crippen molar-refractivity contribution in [1.29, 1.82) is 0 Å². The average molecular weight is 385 g/mol. The van der Waals surface area contributed by atoms with Crippen LogP contribution in [-0.4, -0.2) is 9.85 Å². The molecule has 0 unspecified atom stereocenters. The molecule has 0 N–H and O–H groups in total. The van der Waals surface area contributed by atoms with E-state index in [1.54, 1.807) is 53.4 Å². The van der Waals surface area contributed by atoms with Crippen LogP contribution in [0, 0.1) is 20.2 Å². The van der Waals surface area contributed by atoms with E-state index in [9.17, 15) is 20.2 Å². The molecule has 0 aliphatic carbocycles. The number of benzene rings is 4. The number of nitro groups is 2. The summed E-state index contributed by atoms with van der Waals surface area (Å²) in [5.74, 6) is 0. The molecular formula is C22H15N3O4. The molecule has 4 aromatic rings. The van der Waals surface area contributed by atoms with Gasteiger partial charge in [-0.25, -0.2) is 0 Å². The van der Waals surface area contributed by atoms with Gasteiger partial charge in [0, 0.05) is 23.2 Å². The predicted molar refractivity (Wildman–Crippen MR) is 112 cm³/mol.